The maximum Gasteiger partial charge on any atom is 0.274 e. The van der Waals surface area contributed by atoms with Crippen LogP contribution in [0, 0.1) is 17.0 Å². The molecular weight excluding hydrogens is 286 g/mol. The molecule has 0 spiro atoms. The van der Waals surface area contributed by atoms with Crippen molar-refractivity contribution in [3.8, 4) is 0 Å². The van der Waals surface area contributed by atoms with Gasteiger partial charge in [0.2, 0.25) is 5.91 Å². The molecule has 1 aromatic carbocycles. The lowest BCUT2D eigenvalue weighted by Gasteiger charge is -2.34. The lowest BCUT2D eigenvalue weighted by Crippen LogP contribution is -2.48. The Hall–Kier alpha value is -1.99. The topological polar surface area (TPSA) is 84.7 Å². The minimum absolute atomic E-state index is 0.00594. The highest BCUT2D eigenvalue weighted by Crippen LogP contribution is 2.22. The molecule has 1 fully saturated rings. The first-order valence-corrected chi connectivity index (χ1v) is 7.28. The number of nitro benzene ring substituents is 1. The van der Waals surface area contributed by atoms with E-state index in [0.717, 1.165) is 0 Å². The standard InChI is InChI=1S/C15H21N3O4/c1-10-4-5-13(6-14(10)18(20)21)16-15(19)9-17-7-11(2)22-12(3)8-17/h4-6,11-12H,7-9H2,1-3H3,(H,16,19). The van der Waals surface area contributed by atoms with Crippen LogP contribution in [-0.2, 0) is 9.53 Å². The van der Waals surface area contributed by atoms with Gasteiger partial charge in [0.1, 0.15) is 0 Å². The van der Waals surface area contributed by atoms with Gasteiger partial charge in [-0.15, -0.1) is 0 Å². The number of rotatable bonds is 4. The number of hydrogen-bond donors (Lipinski definition) is 1. The van der Waals surface area contributed by atoms with Gasteiger partial charge in [-0.1, -0.05) is 6.07 Å². The molecule has 2 rings (SSSR count). The molecule has 0 bridgehead atoms. The molecular formula is C15H21N3O4. The fourth-order valence-corrected chi connectivity index (χ4v) is 2.70. The number of nitro groups is 1. The first kappa shape index (κ1) is 16.4. The zero-order valence-electron chi connectivity index (χ0n) is 13.0. The number of ether oxygens (including phenoxy) is 1. The third-order valence-electron chi connectivity index (χ3n) is 3.55. The molecule has 0 aromatic heterocycles. The number of anilines is 1. The average molecular weight is 307 g/mol. The lowest BCUT2D eigenvalue weighted by atomic mass is 10.2. The van der Waals surface area contributed by atoms with E-state index in [9.17, 15) is 14.9 Å². The first-order valence-electron chi connectivity index (χ1n) is 7.28. The zero-order chi connectivity index (χ0) is 16.3. The van der Waals surface area contributed by atoms with Gasteiger partial charge >= 0.3 is 0 Å². The molecule has 7 nitrogen and oxygen atoms in total. The van der Waals surface area contributed by atoms with Crippen molar-refractivity contribution in [2.75, 3.05) is 25.0 Å². The molecule has 1 aliphatic rings. The Morgan fingerprint density at radius 3 is 2.64 bits per heavy atom. The maximum atomic E-state index is 12.1. The molecule has 0 saturated carbocycles. The summed E-state index contributed by atoms with van der Waals surface area (Å²) in [6.45, 7) is 7.27. The molecule has 1 heterocycles. The summed E-state index contributed by atoms with van der Waals surface area (Å²) in [5.41, 5.74) is 1.02. The third-order valence-corrected chi connectivity index (χ3v) is 3.55. The average Bonchev–Trinajstić information content (AvgIpc) is 2.39. The van der Waals surface area contributed by atoms with Crippen molar-refractivity contribution in [2.45, 2.75) is 33.0 Å². The van der Waals surface area contributed by atoms with Crippen LogP contribution in [0.5, 0.6) is 0 Å². The van der Waals surface area contributed by atoms with Gasteiger partial charge in [0.05, 0.1) is 23.7 Å². The zero-order valence-corrected chi connectivity index (χ0v) is 13.0. The number of carbonyl (C=O) groups excluding carboxylic acids is 1. The van der Waals surface area contributed by atoms with Crippen molar-refractivity contribution in [3.63, 3.8) is 0 Å². The Labute approximate surface area is 129 Å². The molecule has 2 atom stereocenters. The van der Waals surface area contributed by atoms with Crippen LogP contribution in [-0.4, -0.2) is 47.6 Å². The number of amides is 1. The SMILES string of the molecule is Cc1ccc(NC(=O)CN2CC(C)OC(C)C2)cc1[N+](=O)[O-]. The van der Waals surface area contributed by atoms with Crippen molar-refractivity contribution < 1.29 is 14.5 Å². The van der Waals surface area contributed by atoms with E-state index in [4.69, 9.17) is 4.74 Å². The summed E-state index contributed by atoms with van der Waals surface area (Å²) in [4.78, 5) is 24.6. The Balaban J connectivity index is 1.97. The second-order valence-electron chi connectivity index (χ2n) is 5.76. The van der Waals surface area contributed by atoms with Gasteiger partial charge < -0.3 is 10.1 Å². The van der Waals surface area contributed by atoms with Crippen molar-refractivity contribution >= 4 is 17.3 Å². The van der Waals surface area contributed by atoms with Gasteiger partial charge in [-0.3, -0.25) is 19.8 Å². The smallest absolute Gasteiger partial charge is 0.274 e. The molecule has 22 heavy (non-hydrogen) atoms. The number of carbonyl (C=O) groups is 1. The molecule has 0 radical (unpaired) electrons. The van der Waals surface area contributed by atoms with Crippen LogP contribution in [0.25, 0.3) is 0 Å². The summed E-state index contributed by atoms with van der Waals surface area (Å²) < 4.78 is 5.62. The van der Waals surface area contributed by atoms with Crippen LogP contribution in [0.3, 0.4) is 0 Å². The Morgan fingerprint density at radius 2 is 2.05 bits per heavy atom. The van der Waals surface area contributed by atoms with E-state index < -0.39 is 4.92 Å². The van der Waals surface area contributed by atoms with Gasteiger partial charge in [0.15, 0.2) is 0 Å². The lowest BCUT2D eigenvalue weighted by molar-refractivity contribution is -0.385. The van der Waals surface area contributed by atoms with Gasteiger partial charge in [-0.2, -0.15) is 0 Å². The van der Waals surface area contributed by atoms with Crippen LogP contribution in [0.15, 0.2) is 18.2 Å². The summed E-state index contributed by atoms with van der Waals surface area (Å²) in [5, 5.41) is 13.6. The number of aryl methyl sites for hydroxylation is 1. The van der Waals surface area contributed by atoms with Crippen molar-refractivity contribution in [1.82, 2.24) is 4.90 Å². The summed E-state index contributed by atoms with van der Waals surface area (Å²) in [7, 11) is 0. The number of benzene rings is 1. The second-order valence-corrected chi connectivity index (χ2v) is 5.76. The van der Waals surface area contributed by atoms with E-state index in [-0.39, 0.29) is 30.3 Å². The Kier molecular flexibility index (Phi) is 5.10. The highest BCUT2D eigenvalue weighted by Gasteiger charge is 2.23. The normalized spacial score (nSPS) is 22.3. The Morgan fingerprint density at radius 1 is 1.41 bits per heavy atom. The molecule has 1 aliphatic heterocycles. The van der Waals surface area contributed by atoms with Crippen LogP contribution in [0.1, 0.15) is 19.4 Å². The maximum absolute atomic E-state index is 12.1. The van der Waals surface area contributed by atoms with Gasteiger partial charge in [0.25, 0.3) is 5.69 Å². The third kappa shape index (κ3) is 4.25. The van der Waals surface area contributed by atoms with Gasteiger partial charge in [0, 0.05) is 30.4 Å². The quantitative estimate of drug-likeness (QED) is 0.679. The number of hydrogen-bond acceptors (Lipinski definition) is 5. The van der Waals surface area contributed by atoms with E-state index in [0.29, 0.717) is 24.3 Å². The molecule has 120 valence electrons. The Bertz CT molecular complexity index is 566. The highest BCUT2D eigenvalue weighted by atomic mass is 16.6. The highest BCUT2D eigenvalue weighted by molar-refractivity contribution is 5.92. The van der Waals surface area contributed by atoms with Crippen LogP contribution in [0.4, 0.5) is 11.4 Å². The van der Waals surface area contributed by atoms with Crippen LogP contribution >= 0.6 is 0 Å². The number of morpholine rings is 1. The van der Waals surface area contributed by atoms with E-state index in [1.807, 2.05) is 18.7 Å². The fourth-order valence-electron chi connectivity index (χ4n) is 2.70. The predicted molar refractivity (Wildman–Crippen MR) is 82.9 cm³/mol. The molecule has 1 aromatic rings. The van der Waals surface area contributed by atoms with Gasteiger partial charge in [-0.05, 0) is 26.8 Å². The predicted octanol–water partition coefficient (Wildman–Crippen LogP) is 1.95. The summed E-state index contributed by atoms with van der Waals surface area (Å²) in [6.07, 6.45) is 0.189. The molecule has 0 aliphatic carbocycles. The fraction of sp³-hybridized carbons (Fsp3) is 0.533. The van der Waals surface area contributed by atoms with Crippen molar-refractivity contribution in [2.24, 2.45) is 0 Å². The molecule has 1 saturated heterocycles. The summed E-state index contributed by atoms with van der Waals surface area (Å²) in [6, 6.07) is 4.69. The molecule has 1 N–H and O–H groups in total. The molecule has 1 amide bonds. The number of nitrogens with zero attached hydrogens (tertiary/aromatic N) is 2. The van der Waals surface area contributed by atoms with E-state index in [2.05, 4.69) is 5.32 Å². The van der Waals surface area contributed by atoms with E-state index in [1.165, 1.54) is 6.07 Å². The second kappa shape index (κ2) is 6.85. The summed E-state index contributed by atoms with van der Waals surface area (Å²) in [5.74, 6) is -0.181. The van der Waals surface area contributed by atoms with Crippen molar-refractivity contribution in [1.29, 1.82) is 0 Å². The molecule has 7 heteroatoms. The monoisotopic (exact) mass is 307 g/mol. The van der Waals surface area contributed by atoms with Crippen LogP contribution in [0.2, 0.25) is 0 Å². The number of nitrogens with one attached hydrogen (secondary N) is 1. The van der Waals surface area contributed by atoms with E-state index in [1.54, 1.807) is 19.1 Å². The minimum Gasteiger partial charge on any atom is -0.373 e. The van der Waals surface area contributed by atoms with E-state index >= 15 is 0 Å². The van der Waals surface area contributed by atoms with Crippen molar-refractivity contribution in [3.05, 3.63) is 33.9 Å². The molecule has 2 unspecified atom stereocenters. The van der Waals surface area contributed by atoms with Crippen LogP contribution < -0.4 is 5.32 Å². The summed E-state index contributed by atoms with van der Waals surface area (Å²) >= 11 is 0. The minimum atomic E-state index is -0.448. The first-order chi connectivity index (χ1) is 10.3. The van der Waals surface area contributed by atoms with Gasteiger partial charge in [-0.25, -0.2) is 0 Å². The largest absolute Gasteiger partial charge is 0.373 e.